The average molecular weight is 296 g/mol. The topological polar surface area (TPSA) is 78.9 Å². The molecular formula is C14H17FN2O4. The van der Waals surface area contributed by atoms with Crippen LogP contribution in [-0.2, 0) is 4.74 Å². The monoisotopic (exact) mass is 296 g/mol. The van der Waals surface area contributed by atoms with Crippen molar-refractivity contribution in [3.8, 4) is 0 Å². The first-order valence-electron chi connectivity index (χ1n) is 6.63. The third kappa shape index (κ3) is 3.69. The summed E-state index contributed by atoms with van der Waals surface area (Å²) in [4.78, 5) is 24.6. The van der Waals surface area contributed by atoms with Crippen molar-refractivity contribution in [3.05, 3.63) is 29.6 Å². The highest BCUT2D eigenvalue weighted by atomic mass is 19.1. The van der Waals surface area contributed by atoms with Crippen LogP contribution >= 0.6 is 0 Å². The van der Waals surface area contributed by atoms with Gasteiger partial charge in [0.2, 0.25) is 0 Å². The van der Waals surface area contributed by atoms with Gasteiger partial charge in [0.05, 0.1) is 11.7 Å². The number of nitrogens with zero attached hydrogens (tertiary/aromatic N) is 1. The first-order valence-corrected chi connectivity index (χ1v) is 6.63. The van der Waals surface area contributed by atoms with Gasteiger partial charge < -0.3 is 20.1 Å². The van der Waals surface area contributed by atoms with Crippen molar-refractivity contribution in [3.63, 3.8) is 0 Å². The van der Waals surface area contributed by atoms with Gasteiger partial charge in [0.15, 0.2) is 0 Å². The summed E-state index contributed by atoms with van der Waals surface area (Å²) in [5.74, 6) is -2.21. The van der Waals surface area contributed by atoms with Crippen LogP contribution in [0.4, 0.5) is 14.9 Å². The van der Waals surface area contributed by atoms with Crippen molar-refractivity contribution in [1.29, 1.82) is 0 Å². The molecule has 2 N–H and O–H groups in total. The van der Waals surface area contributed by atoms with E-state index < -0.39 is 17.3 Å². The van der Waals surface area contributed by atoms with Crippen LogP contribution in [0.25, 0.3) is 0 Å². The number of anilines is 1. The number of rotatable bonds is 3. The number of hydrogen-bond donors (Lipinski definition) is 2. The molecule has 7 heteroatoms. The normalized spacial score (nSPS) is 18.4. The van der Waals surface area contributed by atoms with Crippen LogP contribution in [-0.4, -0.2) is 48.3 Å². The highest BCUT2D eigenvalue weighted by Gasteiger charge is 2.23. The number of urea groups is 1. The number of carbonyl (C=O) groups is 2. The van der Waals surface area contributed by atoms with Crippen molar-refractivity contribution < 1.29 is 23.8 Å². The zero-order valence-electron chi connectivity index (χ0n) is 11.6. The number of benzene rings is 1. The second kappa shape index (κ2) is 6.53. The molecule has 1 aromatic carbocycles. The molecule has 0 spiro atoms. The maximum atomic E-state index is 13.3. The third-order valence-corrected chi connectivity index (χ3v) is 3.45. The molecule has 1 unspecified atom stereocenters. The predicted molar refractivity (Wildman–Crippen MR) is 74.0 cm³/mol. The molecule has 2 rings (SSSR count). The number of carboxylic acids is 1. The standard InChI is InChI=1S/C14H17FN2O4/c1-21-10-3-2-6-17(8-10)14(20)16-9-4-5-12(15)11(7-9)13(18)19/h4-5,7,10H,2-3,6,8H2,1H3,(H,16,20)(H,18,19). The first kappa shape index (κ1) is 15.2. The van der Waals surface area contributed by atoms with Crippen molar-refractivity contribution in [2.75, 3.05) is 25.5 Å². The second-order valence-electron chi connectivity index (χ2n) is 4.88. The maximum Gasteiger partial charge on any atom is 0.338 e. The minimum Gasteiger partial charge on any atom is -0.478 e. The number of halogens is 1. The van der Waals surface area contributed by atoms with E-state index in [1.165, 1.54) is 6.07 Å². The predicted octanol–water partition coefficient (Wildman–Crippen LogP) is 2.17. The molecule has 2 amide bonds. The number of carbonyl (C=O) groups excluding carboxylic acids is 1. The number of piperidine rings is 1. The van der Waals surface area contributed by atoms with E-state index >= 15 is 0 Å². The molecular weight excluding hydrogens is 279 g/mol. The summed E-state index contributed by atoms with van der Waals surface area (Å²) < 4.78 is 18.5. The zero-order valence-corrected chi connectivity index (χ0v) is 11.6. The summed E-state index contributed by atoms with van der Waals surface area (Å²) in [5, 5.41) is 11.4. The largest absolute Gasteiger partial charge is 0.478 e. The number of aromatic carboxylic acids is 1. The number of likely N-dealkylation sites (tertiary alicyclic amines) is 1. The summed E-state index contributed by atoms with van der Waals surface area (Å²) in [6.45, 7) is 1.09. The lowest BCUT2D eigenvalue weighted by Crippen LogP contribution is -2.44. The number of methoxy groups -OCH3 is 1. The van der Waals surface area contributed by atoms with E-state index in [9.17, 15) is 14.0 Å². The van der Waals surface area contributed by atoms with Crippen LogP contribution < -0.4 is 5.32 Å². The smallest absolute Gasteiger partial charge is 0.338 e. The lowest BCUT2D eigenvalue weighted by atomic mass is 10.1. The molecule has 0 aromatic heterocycles. The van der Waals surface area contributed by atoms with Crippen LogP contribution in [0.1, 0.15) is 23.2 Å². The van der Waals surface area contributed by atoms with Gasteiger partial charge >= 0.3 is 12.0 Å². The van der Waals surface area contributed by atoms with Crippen LogP contribution in [0.3, 0.4) is 0 Å². The Kier molecular flexibility index (Phi) is 4.74. The molecule has 1 saturated heterocycles. The third-order valence-electron chi connectivity index (χ3n) is 3.45. The Hall–Kier alpha value is -2.15. The molecule has 6 nitrogen and oxygen atoms in total. The zero-order chi connectivity index (χ0) is 15.4. The Morgan fingerprint density at radius 3 is 2.90 bits per heavy atom. The van der Waals surface area contributed by atoms with Gasteiger partial charge in [0.25, 0.3) is 0 Å². The van der Waals surface area contributed by atoms with Crippen LogP contribution in [0, 0.1) is 5.82 Å². The van der Waals surface area contributed by atoms with E-state index in [-0.39, 0.29) is 17.8 Å². The lowest BCUT2D eigenvalue weighted by Gasteiger charge is -2.31. The SMILES string of the molecule is COC1CCCN(C(=O)Nc2ccc(F)c(C(=O)O)c2)C1. The van der Waals surface area contributed by atoms with Crippen molar-refractivity contribution in [2.45, 2.75) is 18.9 Å². The van der Waals surface area contributed by atoms with E-state index in [4.69, 9.17) is 9.84 Å². The van der Waals surface area contributed by atoms with E-state index in [0.717, 1.165) is 25.0 Å². The highest BCUT2D eigenvalue weighted by Crippen LogP contribution is 2.17. The molecule has 1 heterocycles. The number of amides is 2. The minimum atomic E-state index is -1.37. The fourth-order valence-corrected chi connectivity index (χ4v) is 2.28. The fourth-order valence-electron chi connectivity index (χ4n) is 2.28. The quantitative estimate of drug-likeness (QED) is 0.896. The molecule has 1 aliphatic rings. The summed E-state index contributed by atoms with van der Waals surface area (Å²) >= 11 is 0. The van der Waals surface area contributed by atoms with Crippen molar-refractivity contribution in [2.24, 2.45) is 0 Å². The summed E-state index contributed by atoms with van der Waals surface area (Å²) in [5.41, 5.74) is -0.223. The molecule has 0 radical (unpaired) electrons. The highest BCUT2D eigenvalue weighted by molar-refractivity contribution is 5.93. The van der Waals surface area contributed by atoms with Gasteiger partial charge in [-0.3, -0.25) is 0 Å². The summed E-state index contributed by atoms with van der Waals surface area (Å²) in [6, 6.07) is 3.11. The summed E-state index contributed by atoms with van der Waals surface area (Å²) in [7, 11) is 1.60. The van der Waals surface area contributed by atoms with Gasteiger partial charge in [0, 0.05) is 25.9 Å². The molecule has 0 saturated carbocycles. The van der Waals surface area contributed by atoms with E-state index in [0.29, 0.717) is 13.1 Å². The van der Waals surface area contributed by atoms with Crippen LogP contribution in [0.15, 0.2) is 18.2 Å². The maximum absolute atomic E-state index is 13.3. The Morgan fingerprint density at radius 2 is 2.24 bits per heavy atom. The van der Waals surface area contributed by atoms with Crippen LogP contribution in [0.5, 0.6) is 0 Å². The lowest BCUT2D eigenvalue weighted by molar-refractivity contribution is 0.0458. The Bertz CT molecular complexity index is 550. The van der Waals surface area contributed by atoms with Gasteiger partial charge in [-0.25, -0.2) is 14.0 Å². The number of ether oxygens (including phenoxy) is 1. The molecule has 0 aliphatic carbocycles. The number of nitrogens with one attached hydrogen (secondary N) is 1. The Balaban J connectivity index is 2.05. The van der Waals surface area contributed by atoms with E-state index in [1.807, 2.05) is 0 Å². The fraction of sp³-hybridized carbons (Fsp3) is 0.429. The van der Waals surface area contributed by atoms with E-state index in [1.54, 1.807) is 12.0 Å². The molecule has 21 heavy (non-hydrogen) atoms. The molecule has 0 bridgehead atoms. The summed E-state index contributed by atoms with van der Waals surface area (Å²) in [6.07, 6.45) is 1.75. The van der Waals surface area contributed by atoms with Gasteiger partial charge in [-0.1, -0.05) is 0 Å². The second-order valence-corrected chi connectivity index (χ2v) is 4.88. The Morgan fingerprint density at radius 1 is 1.48 bits per heavy atom. The number of carboxylic acid groups (broad SMARTS) is 1. The molecule has 1 atom stereocenters. The van der Waals surface area contributed by atoms with Crippen LogP contribution in [0.2, 0.25) is 0 Å². The number of hydrogen-bond acceptors (Lipinski definition) is 3. The van der Waals surface area contributed by atoms with Gasteiger partial charge in [-0.2, -0.15) is 0 Å². The van der Waals surface area contributed by atoms with Crippen molar-refractivity contribution >= 4 is 17.7 Å². The molecule has 1 aromatic rings. The molecule has 1 aliphatic heterocycles. The molecule has 1 fully saturated rings. The van der Waals surface area contributed by atoms with Gasteiger partial charge in [0.1, 0.15) is 5.82 Å². The minimum absolute atomic E-state index is 0.00676. The molecule has 114 valence electrons. The average Bonchev–Trinajstić information content (AvgIpc) is 2.49. The van der Waals surface area contributed by atoms with Gasteiger partial charge in [-0.15, -0.1) is 0 Å². The van der Waals surface area contributed by atoms with Crippen molar-refractivity contribution in [1.82, 2.24) is 4.90 Å². The van der Waals surface area contributed by atoms with E-state index in [2.05, 4.69) is 5.32 Å². The Labute approximate surface area is 121 Å². The van der Waals surface area contributed by atoms with Gasteiger partial charge in [-0.05, 0) is 31.0 Å². The first-order chi connectivity index (χ1) is 10.0.